The number of aliphatic carboxylic acids is 1. The summed E-state index contributed by atoms with van der Waals surface area (Å²) in [5, 5.41) is 45.9. The number of hydrogen-bond acceptors (Lipinski definition) is 4. The minimum Gasteiger partial charge on any atom is -0.481 e. The molecule has 5 aliphatic carbocycles. The summed E-state index contributed by atoms with van der Waals surface area (Å²) >= 11 is 0. The van der Waals surface area contributed by atoms with Crippen molar-refractivity contribution in [2.45, 2.75) is 118 Å². The lowest BCUT2D eigenvalue weighted by atomic mass is 9.32. The maximum absolute atomic E-state index is 12.9. The van der Waals surface area contributed by atoms with E-state index in [0.29, 0.717) is 25.2 Å². The van der Waals surface area contributed by atoms with Gasteiger partial charge in [0.1, 0.15) is 11.0 Å². The fraction of sp³-hybridized carbons (Fsp3) is 0.900. The molecule has 4 saturated carbocycles. The number of rotatable bonds is 1. The van der Waals surface area contributed by atoms with Gasteiger partial charge in [-0.1, -0.05) is 54.5 Å². The summed E-state index contributed by atoms with van der Waals surface area (Å²) in [6.45, 7) is 15.4. The highest BCUT2D eigenvalue weighted by atomic mass is 16.4. The van der Waals surface area contributed by atoms with Crippen molar-refractivity contribution in [1.29, 1.82) is 0 Å². The standard InChI is InChI=1S/C30H48O5/c1-17-10-13-29(24(33)34)15-14-27(6)21(30(29,35)18(17)2)9-8-20-26(5)12-11-22(32)25(3,4)23(26)19(31)16-28(20,27)7/h9,17-20,22-23,31-32,35H,8,10-16H2,1-7H3,(H,33,34)/t17-,18+,19-,20-,22+,23-,26-,27-,28-,29-,30-/m1/s1. The van der Waals surface area contributed by atoms with Crippen LogP contribution in [0.25, 0.3) is 0 Å². The average Bonchev–Trinajstić information content (AvgIpc) is 2.75. The van der Waals surface area contributed by atoms with Crippen LogP contribution in [0, 0.1) is 50.7 Å². The molecule has 0 aromatic rings. The van der Waals surface area contributed by atoms with Crippen molar-refractivity contribution >= 4 is 5.97 Å². The highest BCUT2D eigenvalue weighted by molar-refractivity contribution is 5.78. The molecule has 35 heavy (non-hydrogen) atoms. The first kappa shape index (κ1) is 25.7. The highest BCUT2D eigenvalue weighted by Gasteiger charge is 2.75. The number of allylic oxidation sites excluding steroid dienone is 1. The van der Waals surface area contributed by atoms with Crippen molar-refractivity contribution in [1.82, 2.24) is 0 Å². The number of fused-ring (bicyclic) bond motifs is 7. The predicted octanol–water partition coefficient (Wildman–Crippen LogP) is 5.18. The Balaban J connectivity index is 1.68. The predicted molar refractivity (Wildman–Crippen MR) is 135 cm³/mol. The van der Waals surface area contributed by atoms with E-state index < -0.39 is 29.2 Å². The highest BCUT2D eigenvalue weighted by Crippen LogP contribution is 2.76. The summed E-state index contributed by atoms with van der Waals surface area (Å²) < 4.78 is 0. The first-order chi connectivity index (χ1) is 16.0. The van der Waals surface area contributed by atoms with Crippen LogP contribution in [0.1, 0.15) is 99.8 Å². The normalized spacial score (nSPS) is 57.1. The van der Waals surface area contributed by atoms with E-state index in [4.69, 9.17) is 0 Å². The molecular weight excluding hydrogens is 440 g/mol. The van der Waals surface area contributed by atoms with Crippen LogP contribution < -0.4 is 0 Å². The molecule has 0 radical (unpaired) electrons. The van der Waals surface area contributed by atoms with Crippen LogP contribution >= 0.6 is 0 Å². The largest absolute Gasteiger partial charge is 0.481 e. The van der Waals surface area contributed by atoms with Gasteiger partial charge in [-0.3, -0.25) is 4.79 Å². The first-order valence-electron chi connectivity index (χ1n) is 14.1. The van der Waals surface area contributed by atoms with Gasteiger partial charge in [-0.25, -0.2) is 0 Å². The molecule has 0 amide bonds. The SMILES string of the molecule is C[C@@H]1CC[C@]2(C(=O)O)CC[C@]3(C)C(=CC[C@@H]4[C@@]5(C)CC[C@H](O)C(C)(C)[C@H]5[C@H](O)C[C@]43C)[C@]2(O)[C@H]1C. The monoisotopic (exact) mass is 488 g/mol. The molecule has 0 heterocycles. The second-order valence-electron chi connectivity index (χ2n) is 14.7. The zero-order valence-corrected chi connectivity index (χ0v) is 22.9. The summed E-state index contributed by atoms with van der Waals surface area (Å²) in [5.41, 5.74) is -2.71. The lowest BCUT2D eigenvalue weighted by Crippen LogP contribution is -2.72. The zero-order chi connectivity index (χ0) is 26.0. The molecule has 5 rings (SSSR count). The Hall–Kier alpha value is -0.910. The Kier molecular flexibility index (Phi) is 5.40. The van der Waals surface area contributed by atoms with Gasteiger partial charge < -0.3 is 20.4 Å². The molecule has 198 valence electrons. The second kappa shape index (κ2) is 7.35. The average molecular weight is 489 g/mol. The van der Waals surface area contributed by atoms with Crippen molar-refractivity contribution in [3.8, 4) is 0 Å². The van der Waals surface area contributed by atoms with E-state index in [0.717, 1.165) is 37.7 Å². The minimum absolute atomic E-state index is 0.00814. The van der Waals surface area contributed by atoms with Crippen molar-refractivity contribution in [3.05, 3.63) is 11.6 Å². The van der Waals surface area contributed by atoms with Crippen LogP contribution in [0.5, 0.6) is 0 Å². The fourth-order valence-electron chi connectivity index (χ4n) is 11.1. The lowest BCUT2D eigenvalue weighted by Gasteiger charge is -2.73. The van der Waals surface area contributed by atoms with Gasteiger partial charge in [-0.2, -0.15) is 0 Å². The Bertz CT molecular complexity index is 956. The van der Waals surface area contributed by atoms with E-state index in [9.17, 15) is 25.2 Å². The van der Waals surface area contributed by atoms with Crippen LogP contribution in [-0.2, 0) is 4.79 Å². The van der Waals surface area contributed by atoms with Gasteiger partial charge in [0, 0.05) is 0 Å². The maximum Gasteiger partial charge on any atom is 0.312 e. The Morgan fingerprint density at radius 2 is 1.63 bits per heavy atom. The van der Waals surface area contributed by atoms with Gasteiger partial charge in [-0.15, -0.1) is 0 Å². The Morgan fingerprint density at radius 1 is 0.971 bits per heavy atom. The van der Waals surface area contributed by atoms with Gasteiger partial charge in [0.05, 0.1) is 12.2 Å². The van der Waals surface area contributed by atoms with E-state index in [-0.39, 0.29) is 39.4 Å². The molecule has 5 nitrogen and oxygen atoms in total. The molecule has 11 atom stereocenters. The third-order valence-corrected chi connectivity index (χ3v) is 13.5. The molecule has 4 N–H and O–H groups in total. The van der Waals surface area contributed by atoms with Crippen molar-refractivity contribution in [2.24, 2.45) is 50.7 Å². The number of aliphatic hydroxyl groups is 3. The Morgan fingerprint density at radius 3 is 2.26 bits per heavy atom. The molecule has 0 aromatic carbocycles. The van der Waals surface area contributed by atoms with Gasteiger partial charge >= 0.3 is 5.97 Å². The van der Waals surface area contributed by atoms with Gasteiger partial charge in [0.25, 0.3) is 0 Å². The van der Waals surface area contributed by atoms with Crippen LogP contribution in [0.4, 0.5) is 0 Å². The topological polar surface area (TPSA) is 98.0 Å². The molecule has 4 fully saturated rings. The van der Waals surface area contributed by atoms with E-state index >= 15 is 0 Å². The van der Waals surface area contributed by atoms with Gasteiger partial charge in [-0.05, 0) is 102 Å². The molecule has 0 bridgehead atoms. The zero-order valence-electron chi connectivity index (χ0n) is 22.9. The number of aliphatic hydroxyl groups excluding tert-OH is 2. The lowest BCUT2D eigenvalue weighted by molar-refractivity contribution is -0.255. The Labute approximate surface area is 211 Å². The molecular formula is C30H48O5. The maximum atomic E-state index is 12.9. The van der Waals surface area contributed by atoms with E-state index in [1.165, 1.54) is 0 Å². The molecule has 0 aliphatic heterocycles. The molecule has 5 aliphatic rings. The summed E-state index contributed by atoms with van der Waals surface area (Å²) in [4.78, 5) is 12.9. The quantitative estimate of drug-likeness (QED) is 0.382. The van der Waals surface area contributed by atoms with E-state index in [1.807, 2.05) is 0 Å². The number of carboxylic acid groups (broad SMARTS) is 1. The van der Waals surface area contributed by atoms with Gasteiger partial charge in [0.15, 0.2) is 0 Å². The number of carbonyl (C=O) groups is 1. The summed E-state index contributed by atoms with van der Waals surface area (Å²) in [5.74, 6) is -0.428. The van der Waals surface area contributed by atoms with Crippen LogP contribution in [0.3, 0.4) is 0 Å². The minimum atomic E-state index is -1.37. The second-order valence-corrected chi connectivity index (χ2v) is 14.7. The number of hydrogen-bond donors (Lipinski definition) is 4. The molecule has 0 unspecified atom stereocenters. The van der Waals surface area contributed by atoms with Crippen LogP contribution in [-0.4, -0.2) is 44.2 Å². The molecule has 0 spiro atoms. The van der Waals surface area contributed by atoms with Crippen molar-refractivity contribution < 1.29 is 25.2 Å². The summed E-state index contributed by atoms with van der Waals surface area (Å²) in [6.07, 6.45) is 6.90. The van der Waals surface area contributed by atoms with Gasteiger partial charge in [0.2, 0.25) is 0 Å². The smallest absolute Gasteiger partial charge is 0.312 e. The van der Waals surface area contributed by atoms with Crippen molar-refractivity contribution in [3.63, 3.8) is 0 Å². The van der Waals surface area contributed by atoms with E-state index in [1.54, 1.807) is 0 Å². The molecule has 5 heteroatoms. The molecule has 0 saturated heterocycles. The number of carboxylic acids is 1. The molecule has 0 aromatic heterocycles. The first-order valence-corrected chi connectivity index (χ1v) is 14.1. The fourth-order valence-corrected chi connectivity index (χ4v) is 11.1. The van der Waals surface area contributed by atoms with E-state index in [2.05, 4.69) is 54.5 Å². The van der Waals surface area contributed by atoms with Crippen molar-refractivity contribution in [2.75, 3.05) is 0 Å². The summed E-state index contributed by atoms with van der Waals surface area (Å²) in [6, 6.07) is 0. The third-order valence-electron chi connectivity index (χ3n) is 13.5. The summed E-state index contributed by atoms with van der Waals surface area (Å²) in [7, 11) is 0. The van der Waals surface area contributed by atoms with Crippen LogP contribution in [0.2, 0.25) is 0 Å². The van der Waals surface area contributed by atoms with Crippen LogP contribution in [0.15, 0.2) is 11.6 Å². The third kappa shape index (κ3) is 2.74.